The summed E-state index contributed by atoms with van der Waals surface area (Å²) in [5.74, 6) is -1.64. The fourth-order valence-corrected chi connectivity index (χ4v) is 2.33. The molecule has 0 fully saturated rings. The first-order valence-electron chi connectivity index (χ1n) is 8.37. The summed E-state index contributed by atoms with van der Waals surface area (Å²) in [5, 5.41) is 13.9. The Bertz CT molecular complexity index is 797. The van der Waals surface area contributed by atoms with Crippen LogP contribution in [0.3, 0.4) is 0 Å². The van der Waals surface area contributed by atoms with Crippen LogP contribution >= 0.6 is 0 Å². The number of hydrogen-bond donors (Lipinski definition) is 2. The smallest absolute Gasteiger partial charge is 0.347 e. The van der Waals surface area contributed by atoms with Gasteiger partial charge in [-0.05, 0) is 19.4 Å². The first kappa shape index (κ1) is 20.2. The molecule has 2 aromatic rings. The molecule has 0 bridgehead atoms. The number of pyridine rings is 1. The van der Waals surface area contributed by atoms with Gasteiger partial charge in [-0.25, -0.2) is 9.78 Å². The number of hydroxylamine groups is 2. The molecule has 1 heterocycles. The quantitative estimate of drug-likeness (QED) is 0.717. The highest BCUT2D eigenvalue weighted by Crippen LogP contribution is 2.27. The lowest BCUT2D eigenvalue weighted by Gasteiger charge is -2.25. The summed E-state index contributed by atoms with van der Waals surface area (Å²) in [7, 11) is 3.00. The highest BCUT2D eigenvalue weighted by molar-refractivity contribution is 5.97. The van der Waals surface area contributed by atoms with Crippen LogP contribution in [0, 0.1) is 0 Å². The van der Waals surface area contributed by atoms with Crippen LogP contribution in [0.25, 0.3) is 0 Å². The summed E-state index contributed by atoms with van der Waals surface area (Å²) in [5.41, 5.74) is 0.745. The Labute approximate surface area is 157 Å². The maximum absolute atomic E-state index is 12.3. The minimum absolute atomic E-state index is 0.113. The molecule has 0 aliphatic heterocycles. The van der Waals surface area contributed by atoms with Crippen LogP contribution in [0.4, 0.5) is 0 Å². The number of benzene rings is 1. The van der Waals surface area contributed by atoms with E-state index < -0.39 is 23.7 Å². The van der Waals surface area contributed by atoms with Gasteiger partial charge in [-0.1, -0.05) is 30.3 Å². The fraction of sp³-hybridized carbons (Fsp3) is 0.316. The third-order valence-electron chi connectivity index (χ3n) is 4.08. The summed E-state index contributed by atoms with van der Waals surface area (Å²) >= 11 is 0. The lowest BCUT2D eigenvalue weighted by Crippen LogP contribution is -2.42. The van der Waals surface area contributed by atoms with Gasteiger partial charge in [0.05, 0.1) is 13.2 Å². The summed E-state index contributed by atoms with van der Waals surface area (Å²) in [6, 6.07) is 9.87. The standard InChI is InChI=1S/C19H23N3O5/c1-12(21-18(24)16-17(23)15(26-4)10-11-20-16)19(25)27-22(3)13(2)14-8-6-5-7-9-14/h5-13,23H,1-4H3,(H,21,24). The lowest BCUT2D eigenvalue weighted by molar-refractivity contribution is -0.195. The highest BCUT2D eigenvalue weighted by atomic mass is 16.7. The third kappa shape index (κ3) is 4.95. The average molecular weight is 373 g/mol. The van der Waals surface area contributed by atoms with Crippen molar-refractivity contribution in [2.45, 2.75) is 25.9 Å². The van der Waals surface area contributed by atoms with Gasteiger partial charge in [0, 0.05) is 19.3 Å². The maximum atomic E-state index is 12.3. The molecule has 0 spiro atoms. The van der Waals surface area contributed by atoms with E-state index in [1.807, 2.05) is 37.3 Å². The van der Waals surface area contributed by atoms with Crippen molar-refractivity contribution in [3.63, 3.8) is 0 Å². The highest BCUT2D eigenvalue weighted by Gasteiger charge is 2.25. The zero-order valence-electron chi connectivity index (χ0n) is 15.7. The lowest BCUT2D eigenvalue weighted by atomic mass is 10.1. The molecule has 2 atom stereocenters. The number of carbonyl (C=O) groups excluding carboxylic acids is 2. The number of amides is 1. The molecule has 2 rings (SSSR count). The molecule has 0 radical (unpaired) electrons. The molecule has 0 saturated carbocycles. The Morgan fingerprint density at radius 2 is 1.85 bits per heavy atom. The summed E-state index contributed by atoms with van der Waals surface area (Å²) in [4.78, 5) is 33.7. The predicted molar refractivity (Wildman–Crippen MR) is 98.1 cm³/mol. The van der Waals surface area contributed by atoms with Gasteiger partial charge in [0.15, 0.2) is 17.2 Å². The van der Waals surface area contributed by atoms with Crippen molar-refractivity contribution in [3.8, 4) is 11.5 Å². The van der Waals surface area contributed by atoms with Crippen LogP contribution in [-0.4, -0.2) is 47.2 Å². The van der Waals surface area contributed by atoms with Gasteiger partial charge in [0.25, 0.3) is 5.91 Å². The van der Waals surface area contributed by atoms with Gasteiger partial charge in [-0.2, -0.15) is 0 Å². The molecule has 0 saturated heterocycles. The number of hydrogen-bond acceptors (Lipinski definition) is 7. The second-order valence-corrected chi connectivity index (χ2v) is 5.95. The molecule has 8 nitrogen and oxygen atoms in total. The molecular formula is C19H23N3O5. The Kier molecular flexibility index (Phi) is 6.73. The van der Waals surface area contributed by atoms with Crippen LogP contribution in [0.2, 0.25) is 0 Å². The molecule has 1 amide bonds. The average Bonchev–Trinajstić information content (AvgIpc) is 2.67. The van der Waals surface area contributed by atoms with Crippen LogP contribution in [0.5, 0.6) is 11.5 Å². The Morgan fingerprint density at radius 1 is 1.19 bits per heavy atom. The van der Waals surface area contributed by atoms with Crippen molar-refractivity contribution in [1.82, 2.24) is 15.4 Å². The molecule has 2 N–H and O–H groups in total. The van der Waals surface area contributed by atoms with E-state index in [4.69, 9.17) is 9.57 Å². The summed E-state index contributed by atoms with van der Waals surface area (Å²) in [6.07, 6.45) is 1.33. The van der Waals surface area contributed by atoms with Crippen molar-refractivity contribution < 1.29 is 24.3 Å². The molecule has 27 heavy (non-hydrogen) atoms. The largest absolute Gasteiger partial charge is 0.503 e. The molecule has 1 aromatic carbocycles. The van der Waals surface area contributed by atoms with E-state index in [2.05, 4.69) is 10.3 Å². The topological polar surface area (TPSA) is 101 Å². The van der Waals surface area contributed by atoms with Crippen molar-refractivity contribution in [2.75, 3.05) is 14.2 Å². The number of ether oxygens (including phenoxy) is 1. The maximum Gasteiger partial charge on any atom is 0.347 e. The third-order valence-corrected chi connectivity index (χ3v) is 4.08. The van der Waals surface area contributed by atoms with Crippen molar-refractivity contribution in [2.24, 2.45) is 0 Å². The number of nitrogens with one attached hydrogen (secondary N) is 1. The Hall–Kier alpha value is -3.13. The van der Waals surface area contributed by atoms with Crippen LogP contribution < -0.4 is 10.1 Å². The van der Waals surface area contributed by atoms with E-state index in [0.29, 0.717) is 0 Å². The normalized spacial score (nSPS) is 12.9. The van der Waals surface area contributed by atoms with Gasteiger partial charge in [-0.3, -0.25) is 4.79 Å². The number of nitrogens with zero attached hydrogens (tertiary/aromatic N) is 2. The first-order chi connectivity index (χ1) is 12.8. The molecule has 0 aliphatic carbocycles. The first-order valence-corrected chi connectivity index (χ1v) is 8.37. The molecular weight excluding hydrogens is 350 g/mol. The van der Waals surface area contributed by atoms with Gasteiger partial charge in [0.2, 0.25) is 0 Å². The second-order valence-electron chi connectivity index (χ2n) is 5.95. The summed E-state index contributed by atoms with van der Waals surface area (Å²) in [6.45, 7) is 3.38. The number of carbonyl (C=O) groups is 2. The monoisotopic (exact) mass is 373 g/mol. The van der Waals surface area contributed by atoms with E-state index in [1.54, 1.807) is 7.05 Å². The Balaban J connectivity index is 1.98. The van der Waals surface area contributed by atoms with E-state index in [0.717, 1.165) is 5.56 Å². The Morgan fingerprint density at radius 3 is 2.48 bits per heavy atom. The van der Waals surface area contributed by atoms with Gasteiger partial charge in [0.1, 0.15) is 6.04 Å². The van der Waals surface area contributed by atoms with Crippen molar-refractivity contribution in [3.05, 3.63) is 53.9 Å². The number of rotatable bonds is 7. The van der Waals surface area contributed by atoms with Crippen LogP contribution in [0.15, 0.2) is 42.6 Å². The molecule has 2 unspecified atom stereocenters. The molecule has 144 valence electrons. The molecule has 8 heteroatoms. The van der Waals surface area contributed by atoms with E-state index >= 15 is 0 Å². The molecule has 0 aliphatic rings. The van der Waals surface area contributed by atoms with Gasteiger partial charge in [-0.15, -0.1) is 5.06 Å². The van der Waals surface area contributed by atoms with Crippen molar-refractivity contribution in [1.29, 1.82) is 0 Å². The molecule has 1 aromatic heterocycles. The zero-order chi connectivity index (χ0) is 20.0. The van der Waals surface area contributed by atoms with E-state index in [1.165, 1.54) is 31.4 Å². The number of aromatic nitrogens is 1. The predicted octanol–water partition coefficient (Wildman–Crippen LogP) is 2.07. The number of methoxy groups -OCH3 is 1. The fourth-order valence-electron chi connectivity index (χ4n) is 2.33. The summed E-state index contributed by atoms with van der Waals surface area (Å²) < 4.78 is 4.94. The minimum atomic E-state index is -0.949. The van der Waals surface area contributed by atoms with Gasteiger partial charge < -0.3 is 20.0 Å². The second kappa shape index (κ2) is 9.00. The number of aromatic hydroxyl groups is 1. The van der Waals surface area contributed by atoms with E-state index in [9.17, 15) is 14.7 Å². The zero-order valence-corrected chi connectivity index (χ0v) is 15.7. The van der Waals surface area contributed by atoms with Gasteiger partial charge >= 0.3 is 5.97 Å². The van der Waals surface area contributed by atoms with Crippen LogP contribution in [-0.2, 0) is 9.63 Å². The van der Waals surface area contributed by atoms with Crippen molar-refractivity contribution >= 4 is 11.9 Å². The minimum Gasteiger partial charge on any atom is -0.503 e. The van der Waals surface area contributed by atoms with E-state index in [-0.39, 0.29) is 17.5 Å². The SMILES string of the molecule is COc1ccnc(C(=O)NC(C)C(=O)ON(C)C(C)c2ccccc2)c1O. The van der Waals surface area contributed by atoms with Crippen LogP contribution in [0.1, 0.15) is 35.9 Å².